The Balaban J connectivity index is 1.47. The average Bonchev–Trinajstić information content (AvgIpc) is 2.97. The second-order valence-electron chi connectivity index (χ2n) is 10.2. The lowest BCUT2D eigenvalue weighted by molar-refractivity contribution is 0.828. The van der Waals surface area contributed by atoms with Crippen LogP contribution in [0.2, 0.25) is 0 Å². The summed E-state index contributed by atoms with van der Waals surface area (Å²) in [4.78, 5) is 30.9. The number of hydrogen-bond acceptors (Lipinski definition) is 10. The van der Waals surface area contributed by atoms with Crippen LogP contribution in [0.1, 0.15) is 16.7 Å². The van der Waals surface area contributed by atoms with Crippen LogP contribution in [0.15, 0.2) is 103 Å². The van der Waals surface area contributed by atoms with E-state index < -0.39 is 0 Å². The molecule has 0 fully saturated rings. The summed E-state index contributed by atoms with van der Waals surface area (Å²) >= 11 is 6.03. The minimum absolute atomic E-state index is 0.470. The van der Waals surface area contributed by atoms with Gasteiger partial charge in [-0.25, -0.2) is 4.90 Å². The van der Waals surface area contributed by atoms with Gasteiger partial charge in [-0.15, -0.1) is 0 Å². The predicted octanol–water partition coefficient (Wildman–Crippen LogP) is -2.55. The highest BCUT2D eigenvalue weighted by atomic mass is 27.1. The first-order valence-electron chi connectivity index (χ1n) is 12.9. The van der Waals surface area contributed by atoms with Gasteiger partial charge in [-0.05, 0) is 89.9 Å². The van der Waals surface area contributed by atoms with Crippen LogP contribution in [-0.4, -0.2) is 139 Å². The van der Waals surface area contributed by atoms with Gasteiger partial charge in [0.15, 0.2) is 17.5 Å². The molecule has 0 bridgehead atoms. The van der Waals surface area contributed by atoms with Gasteiger partial charge in [-0.3, -0.25) is 0 Å². The maximum atomic E-state index is 4.86. The van der Waals surface area contributed by atoms with Gasteiger partial charge in [-0.2, -0.15) is 30.0 Å². The number of aliphatic imine (C=N–C) groups is 6. The van der Waals surface area contributed by atoms with E-state index in [9.17, 15) is 0 Å². The van der Waals surface area contributed by atoms with Crippen LogP contribution in [0.4, 0.5) is 17.1 Å². The molecule has 0 N–H and O–H groups in total. The van der Waals surface area contributed by atoms with Crippen LogP contribution >= 0.6 is 0 Å². The quantitative estimate of drug-likeness (QED) is 0.287. The molecule has 6 rings (SSSR count). The molecule has 0 saturated heterocycles. The number of benzene rings is 3. The monoisotopic (exact) mass is 614 g/mol. The smallest absolute Gasteiger partial charge is 0.336 e. The Kier molecular flexibility index (Phi) is 8.29. The minimum Gasteiger partial charge on any atom is -0.570 e. The van der Waals surface area contributed by atoms with Crippen molar-refractivity contribution in [2.75, 3.05) is 8.60 Å². The average molecular weight is 614 g/mol. The molecular formula is C24H24Al6N10. The zero-order valence-corrected chi connectivity index (χ0v) is 35.4. The topological polar surface area (TPSA) is 87.1 Å². The van der Waals surface area contributed by atoms with E-state index in [4.69, 9.17) is 30.0 Å². The Morgan fingerprint density at radius 3 is 0.850 bits per heavy atom. The van der Waals surface area contributed by atoms with Gasteiger partial charge in [0.05, 0.1) is 0 Å². The summed E-state index contributed by atoms with van der Waals surface area (Å²) in [5.41, 5.74) is 6.43. The van der Waals surface area contributed by atoms with Gasteiger partial charge >= 0.3 is 99.1 Å². The van der Waals surface area contributed by atoms with Gasteiger partial charge in [0.1, 0.15) is 0 Å². The molecule has 0 unspecified atom stereocenters. The summed E-state index contributed by atoms with van der Waals surface area (Å²) in [5, 5.41) is 0. The van der Waals surface area contributed by atoms with E-state index in [-0.39, 0.29) is 0 Å². The summed E-state index contributed by atoms with van der Waals surface area (Å²) in [6.45, 7) is 0. The first-order valence-corrected chi connectivity index (χ1v) is 18.3. The molecule has 0 atom stereocenters. The largest absolute Gasteiger partial charge is 0.570 e. The molecule has 3 aliphatic rings. The summed E-state index contributed by atoms with van der Waals surface area (Å²) in [6.07, 6.45) is 0. The third-order valence-corrected chi connectivity index (χ3v) is 9.86. The van der Waals surface area contributed by atoms with E-state index in [0.29, 0.717) is 35.4 Å². The summed E-state index contributed by atoms with van der Waals surface area (Å²) in [6, 6.07) is 25.1. The van der Waals surface area contributed by atoms with Crippen LogP contribution in [0.5, 0.6) is 0 Å². The van der Waals surface area contributed by atoms with Crippen molar-refractivity contribution in [3.05, 3.63) is 89.5 Å². The van der Waals surface area contributed by atoms with E-state index in [1.54, 1.807) is 4.90 Å². The normalized spacial score (nSPS) is 15.4. The fraction of sp³-hybridized carbons (Fsp3) is 0. The number of nitrogens with zero attached hydrogens (tertiary/aromatic N) is 10. The van der Waals surface area contributed by atoms with Crippen LogP contribution in [0.3, 0.4) is 0 Å². The van der Waals surface area contributed by atoms with Gasteiger partial charge in [0.25, 0.3) is 0 Å². The van der Waals surface area contributed by atoms with Crippen molar-refractivity contribution < 1.29 is 0 Å². The lowest BCUT2D eigenvalue weighted by atomic mass is 10.1. The van der Waals surface area contributed by atoms with E-state index >= 15 is 0 Å². The standard InChI is InChI=1S/C24H12N10.6Al.12H/c25-16-7-1-13(2-8-16)19-28-22-30-20(14-3-9-17(26)10-4-14)32-24-33-21(31-23(29-19)34(22)24)15-5-11-18(27)12-6-15;;;;;;;;;;;;;;;;;;/h1-12H;;;;;;;;;;;;;;;;;;. The molecule has 3 aromatic carbocycles. The van der Waals surface area contributed by atoms with E-state index in [2.05, 4.69) is 81.4 Å². The second-order valence-corrected chi connectivity index (χ2v) is 23.6. The van der Waals surface area contributed by atoms with Gasteiger partial charge in [-0.1, -0.05) is 0 Å². The highest BCUT2D eigenvalue weighted by Gasteiger charge is 2.35. The molecular weight excluding hydrogens is 590 g/mol. The molecule has 40 heavy (non-hydrogen) atoms. The molecule has 10 nitrogen and oxygen atoms in total. The maximum absolute atomic E-state index is 4.86. The molecule has 0 amide bonds. The molecule has 3 aromatic rings. The molecule has 16 heteroatoms. The van der Waals surface area contributed by atoms with Crippen LogP contribution < -0.4 is 8.60 Å². The van der Waals surface area contributed by atoms with Crippen molar-refractivity contribution in [3.63, 3.8) is 0 Å². The lowest BCUT2D eigenvalue weighted by Crippen LogP contribution is -2.48. The predicted molar refractivity (Wildman–Crippen MR) is 182 cm³/mol. The third kappa shape index (κ3) is 5.72. The summed E-state index contributed by atoms with van der Waals surface area (Å²) in [5.74, 6) is 3.13. The fourth-order valence-corrected chi connectivity index (χ4v) is 6.19. The van der Waals surface area contributed by atoms with Crippen molar-refractivity contribution in [2.45, 2.75) is 0 Å². The molecule has 0 saturated carbocycles. The Labute approximate surface area is 281 Å². The molecule has 3 heterocycles. The molecule has 0 radical (unpaired) electrons. The Hall–Kier alpha value is -1.93. The van der Waals surface area contributed by atoms with Crippen molar-refractivity contribution in [1.82, 2.24) is 4.90 Å². The summed E-state index contributed by atoms with van der Waals surface area (Å²) in [7, 11) is 0. The molecule has 188 valence electrons. The lowest BCUT2D eigenvalue weighted by Gasteiger charge is -2.30. The number of anilines is 3. The van der Waals surface area contributed by atoms with E-state index in [1.807, 2.05) is 0 Å². The van der Waals surface area contributed by atoms with Gasteiger partial charge in [0, 0.05) is 16.7 Å². The van der Waals surface area contributed by atoms with Crippen LogP contribution in [0.25, 0.3) is 0 Å². The van der Waals surface area contributed by atoms with Crippen molar-refractivity contribution in [3.8, 4) is 0 Å². The Morgan fingerprint density at radius 1 is 0.375 bits per heavy atom. The number of guanidine groups is 3. The number of rotatable bonds is 6. The number of amidine groups is 3. The third-order valence-electron chi connectivity index (χ3n) is 6.76. The molecule has 0 aromatic heterocycles. The second kappa shape index (κ2) is 11.8. The van der Waals surface area contributed by atoms with E-state index in [1.165, 1.54) is 17.1 Å². The molecule has 0 spiro atoms. The van der Waals surface area contributed by atoms with Gasteiger partial charge < -0.3 is 8.60 Å². The maximum Gasteiger partial charge on any atom is 0.336 e. The first-order chi connectivity index (χ1) is 19.3. The SMILES string of the molecule is [AlH2][N]([AlH2])c1ccc(C2=NC3=NC(c4ccc([N]([AlH2])[AlH2])cc4)=NC4=NC(c5ccc([N]([AlH2])[AlH2])cc5)=NC(=N2)N34)cc1. The highest BCUT2D eigenvalue weighted by Crippen LogP contribution is 2.24. The summed E-state index contributed by atoms with van der Waals surface area (Å²) < 4.78 is 7.02. The number of hydrogen-bond donors (Lipinski definition) is 0. The van der Waals surface area contributed by atoms with Crippen molar-refractivity contribution in [1.29, 1.82) is 0 Å². The van der Waals surface area contributed by atoms with Crippen LogP contribution in [0, 0.1) is 0 Å². The zero-order valence-electron chi connectivity index (χ0n) is 23.4. The van der Waals surface area contributed by atoms with Crippen molar-refractivity contribution in [2.24, 2.45) is 30.0 Å². The Morgan fingerprint density at radius 2 is 0.625 bits per heavy atom. The van der Waals surface area contributed by atoms with Crippen LogP contribution in [-0.2, 0) is 0 Å². The first kappa shape index (κ1) is 28.2. The van der Waals surface area contributed by atoms with Gasteiger partial charge in [0.2, 0.25) is 17.9 Å². The molecule has 3 aliphatic heterocycles. The fourth-order valence-electron chi connectivity index (χ4n) is 4.40. The Bertz CT molecular complexity index is 1460. The zero-order chi connectivity index (χ0) is 28.0. The highest BCUT2D eigenvalue weighted by molar-refractivity contribution is 6.42. The molecule has 0 aliphatic carbocycles. The van der Waals surface area contributed by atoms with E-state index in [0.717, 1.165) is 116 Å². The van der Waals surface area contributed by atoms with Crippen molar-refractivity contribution >= 4 is 152 Å². The minimum atomic E-state index is 0.470.